The van der Waals surface area contributed by atoms with Crippen molar-refractivity contribution < 1.29 is 26.0 Å². The van der Waals surface area contributed by atoms with Crippen LogP contribution in [-0.4, -0.2) is 53.9 Å². The lowest BCUT2D eigenvalue weighted by Gasteiger charge is -2.17. The van der Waals surface area contributed by atoms with Crippen molar-refractivity contribution in [3.8, 4) is 22.5 Å². The third kappa shape index (κ3) is 10.2. The van der Waals surface area contributed by atoms with Crippen molar-refractivity contribution in [2.45, 2.75) is 30.6 Å². The predicted octanol–water partition coefficient (Wildman–Crippen LogP) is 9.61. The number of hydrogen-bond acceptors (Lipinski definition) is 11. The number of fused-ring (bicyclic) bond motifs is 1. The number of carbonyl (C=O) groups is 1. The SMILES string of the molecule is CN(C)c1cccc2c(S(=O)(=O)Nc3cccc(-c4csc(NC(=O)C(C)(C)C)n4)c3)cccc12.CNc1nc(-c2cccc(NS(=O)(=O)c3ccccc3F)c2)cs1. The molecule has 7 aromatic rings. The van der Waals surface area contributed by atoms with Gasteiger partial charge in [-0.15, -0.1) is 22.7 Å². The highest BCUT2D eigenvalue weighted by atomic mass is 32.2. The molecule has 5 aromatic carbocycles. The van der Waals surface area contributed by atoms with E-state index in [-0.39, 0.29) is 15.7 Å². The van der Waals surface area contributed by atoms with Gasteiger partial charge in [0.15, 0.2) is 10.3 Å². The third-order valence-corrected chi connectivity index (χ3v) is 13.2. The van der Waals surface area contributed by atoms with E-state index in [0.29, 0.717) is 27.6 Å². The van der Waals surface area contributed by atoms with E-state index in [1.54, 1.807) is 55.6 Å². The summed E-state index contributed by atoms with van der Waals surface area (Å²) in [5.41, 5.74) is 4.08. The number of anilines is 5. The van der Waals surface area contributed by atoms with Gasteiger partial charge in [-0.05, 0) is 48.5 Å². The number of aromatic nitrogens is 2. The zero-order valence-electron chi connectivity index (χ0n) is 32.9. The van der Waals surface area contributed by atoms with Gasteiger partial charge < -0.3 is 15.5 Å². The standard InChI is InChI=1S/C26H28N4O3S2.C16H14FN3O2S2/c1-26(2,3)24(31)28-25-27-21(16-34-25)17-9-6-10-18(15-17)29-35(32,33)23-14-8-11-19-20(23)12-7-13-22(19)30(4)5;1-18-16-19-14(10-23-16)11-5-4-6-12(9-11)20-24(21,22)15-8-3-2-7-13(15)17/h6-16,29H,1-5H3,(H,27,28,31);2-10,20H,1H3,(H,18,19). The molecule has 2 heterocycles. The predicted molar refractivity (Wildman–Crippen MR) is 239 cm³/mol. The van der Waals surface area contributed by atoms with E-state index in [2.05, 4.69) is 30.0 Å². The highest BCUT2D eigenvalue weighted by Crippen LogP contribution is 2.33. The summed E-state index contributed by atoms with van der Waals surface area (Å²) in [6.45, 7) is 5.51. The van der Waals surface area contributed by atoms with E-state index in [9.17, 15) is 26.0 Å². The molecule has 17 heteroatoms. The number of halogens is 1. The van der Waals surface area contributed by atoms with Crippen LogP contribution in [-0.2, 0) is 24.8 Å². The number of carbonyl (C=O) groups excluding carboxylic acids is 1. The maximum atomic E-state index is 13.7. The van der Waals surface area contributed by atoms with Gasteiger partial charge in [-0.25, -0.2) is 31.2 Å². The Morgan fingerprint density at radius 2 is 1.17 bits per heavy atom. The molecular formula is C42H42FN7O5S4. The van der Waals surface area contributed by atoms with Gasteiger partial charge in [0.1, 0.15) is 10.7 Å². The van der Waals surface area contributed by atoms with E-state index >= 15 is 0 Å². The first-order valence-electron chi connectivity index (χ1n) is 18.1. The van der Waals surface area contributed by atoms with Gasteiger partial charge in [-0.1, -0.05) is 81.4 Å². The van der Waals surface area contributed by atoms with E-state index in [1.807, 2.05) is 86.9 Å². The van der Waals surface area contributed by atoms with Crippen LogP contribution in [0.5, 0.6) is 0 Å². The van der Waals surface area contributed by atoms with Crippen LogP contribution >= 0.6 is 22.7 Å². The normalized spacial score (nSPS) is 11.6. The molecule has 1 amide bonds. The third-order valence-electron chi connectivity index (χ3n) is 8.70. The van der Waals surface area contributed by atoms with E-state index in [4.69, 9.17) is 0 Å². The fourth-order valence-corrected chi connectivity index (χ4v) is 9.52. The van der Waals surface area contributed by atoms with Crippen molar-refractivity contribution in [2.75, 3.05) is 46.1 Å². The minimum absolute atomic E-state index is 0.118. The average molecular weight is 872 g/mol. The van der Waals surface area contributed by atoms with Crippen molar-refractivity contribution in [2.24, 2.45) is 5.41 Å². The van der Waals surface area contributed by atoms with Crippen molar-refractivity contribution in [1.29, 1.82) is 0 Å². The van der Waals surface area contributed by atoms with Crippen LogP contribution in [0.1, 0.15) is 20.8 Å². The van der Waals surface area contributed by atoms with Crippen LogP contribution in [0.2, 0.25) is 0 Å². The van der Waals surface area contributed by atoms with Crippen LogP contribution in [0.15, 0.2) is 130 Å². The average Bonchev–Trinajstić information content (AvgIpc) is 3.88. The summed E-state index contributed by atoms with van der Waals surface area (Å²) in [4.78, 5) is 22.9. The topological polar surface area (TPSA) is 162 Å². The Morgan fingerprint density at radius 3 is 1.73 bits per heavy atom. The Labute approximate surface area is 351 Å². The smallest absolute Gasteiger partial charge is 0.264 e. The van der Waals surface area contributed by atoms with Crippen molar-refractivity contribution in [3.05, 3.63) is 126 Å². The molecule has 4 N–H and O–H groups in total. The van der Waals surface area contributed by atoms with Gasteiger partial charge in [0.05, 0.1) is 16.3 Å². The fourth-order valence-electron chi connectivity index (χ4n) is 5.73. The van der Waals surface area contributed by atoms with Gasteiger partial charge in [-0.3, -0.25) is 14.2 Å². The zero-order valence-corrected chi connectivity index (χ0v) is 36.2. The summed E-state index contributed by atoms with van der Waals surface area (Å²) in [5.74, 6) is -0.910. The minimum Gasteiger partial charge on any atom is -0.377 e. The zero-order chi connectivity index (χ0) is 42.5. The number of rotatable bonds is 11. The summed E-state index contributed by atoms with van der Waals surface area (Å²) in [6, 6.07) is 30.0. The number of thiazole rings is 2. The van der Waals surface area contributed by atoms with Crippen LogP contribution < -0.4 is 25.0 Å². The molecular weight excluding hydrogens is 830 g/mol. The number of benzene rings is 5. The van der Waals surface area contributed by atoms with Gasteiger partial charge in [0.25, 0.3) is 20.0 Å². The molecule has 0 saturated carbocycles. The molecule has 7 rings (SSSR count). The Balaban J connectivity index is 0.000000213. The van der Waals surface area contributed by atoms with Gasteiger partial charge in [0.2, 0.25) is 5.91 Å². The first kappa shape index (κ1) is 42.7. The molecule has 0 bridgehead atoms. The monoisotopic (exact) mass is 871 g/mol. The molecule has 12 nitrogen and oxygen atoms in total. The van der Waals surface area contributed by atoms with Crippen LogP contribution in [0.4, 0.5) is 31.7 Å². The van der Waals surface area contributed by atoms with Gasteiger partial charge >= 0.3 is 0 Å². The quantitative estimate of drug-likeness (QED) is 0.0992. The van der Waals surface area contributed by atoms with Gasteiger partial charge in [0, 0.05) is 76.3 Å². The van der Waals surface area contributed by atoms with Crippen molar-refractivity contribution >= 4 is 86.7 Å². The number of sulfonamides is 2. The lowest BCUT2D eigenvalue weighted by molar-refractivity contribution is -0.123. The molecule has 59 heavy (non-hydrogen) atoms. The van der Waals surface area contributed by atoms with Crippen LogP contribution in [0.3, 0.4) is 0 Å². The van der Waals surface area contributed by atoms with E-state index in [1.165, 1.54) is 40.9 Å². The fraction of sp³-hybridized carbons (Fsp3) is 0.167. The summed E-state index contributed by atoms with van der Waals surface area (Å²) >= 11 is 2.78. The number of nitrogens with zero attached hydrogens (tertiary/aromatic N) is 3. The number of hydrogen-bond donors (Lipinski definition) is 4. The number of nitrogens with one attached hydrogen (secondary N) is 4. The van der Waals surface area contributed by atoms with E-state index in [0.717, 1.165) is 39.1 Å². The van der Waals surface area contributed by atoms with E-state index < -0.39 is 31.3 Å². The molecule has 0 saturated heterocycles. The molecule has 306 valence electrons. The maximum absolute atomic E-state index is 13.7. The lowest BCUT2D eigenvalue weighted by atomic mass is 9.96. The summed E-state index contributed by atoms with van der Waals surface area (Å²) in [5, 5.41) is 12.3. The maximum Gasteiger partial charge on any atom is 0.264 e. The molecule has 0 radical (unpaired) electrons. The molecule has 0 atom stereocenters. The summed E-state index contributed by atoms with van der Waals surface area (Å²) in [6.07, 6.45) is 0. The van der Waals surface area contributed by atoms with Crippen molar-refractivity contribution in [1.82, 2.24) is 9.97 Å². The highest BCUT2D eigenvalue weighted by Gasteiger charge is 2.23. The molecule has 0 unspecified atom stereocenters. The second-order valence-corrected chi connectivity index (χ2v) is 19.4. The Hall–Kier alpha value is -5.88. The minimum atomic E-state index is -4.00. The molecule has 0 aliphatic heterocycles. The number of amides is 1. The summed E-state index contributed by atoms with van der Waals surface area (Å²) in [7, 11) is -2.21. The Morgan fingerprint density at radius 1 is 0.661 bits per heavy atom. The molecule has 0 spiro atoms. The first-order chi connectivity index (χ1) is 27.9. The van der Waals surface area contributed by atoms with Crippen LogP contribution in [0.25, 0.3) is 33.3 Å². The molecule has 0 aliphatic rings. The largest absolute Gasteiger partial charge is 0.377 e. The van der Waals surface area contributed by atoms with Crippen LogP contribution in [0, 0.1) is 11.2 Å². The lowest BCUT2D eigenvalue weighted by Crippen LogP contribution is -2.27. The first-order valence-corrected chi connectivity index (χ1v) is 22.8. The second kappa shape index (κ2) is 17.5. The summed E-state index contributed by atoms with van der Waals surface area (Å²) < 4.78 is 70.3. The van der Waals surface area contributed by atoms with Crippen molar-refractivity contribution in [3.63, 3.8) is 0 Å². The highest BCUT2D eigenvalue weighted by molar-refractivity contribution is 7.93. The molecule has 0 aliphatic carbocycles. The molecule has 2 aromatic heterocycles. The molecule has 0 fully saturated rings. The van der Waals surface area contributed by atoms with Gasteiger partial charge in [-0.2, -0.15) is 0 Å². The Kier molecular flexibility index (Phi) is 12.7. The second-order valence-electron chi connectivity index (χ2n) is 14.4. The Bertz CT molecular complexity index is 2850.